The van der Waals surface area contributed by atoms with Crippen LogP contribution in [0.1, 0.15) is 52.7 Å². The van der Waals surface area contributed by atoms with Gasteiger partial charge in [-0.25, -0.2) is 9.97 Å². The first-order valence-corrected chi connectivity index (χ1v) is 12.1. The maximum absolute atomic E-state index is 12.2. The number of anilines is 2. The van der Waals surface area contributed by atoms with Crippen LogP contribution in [0.15, 0.2) is 67.8 Å². The molecule has 0 atom stereocenters. The van der Waals surface area contributed by atoms with Gasteiger partial charge >= 0.3 is 18.9 Å². The van der Waals surface area contributed by atoms with E-state index in [2.05, 4.69) is 33.8 Å². The van der Waals surface area contributed by atoms with Gasteiger partial charge in [-0.2, -0.15) is 6.42 Å². The van der Waals surface area contributed by atoms with Gasteiger partial charge in [-0.1, -0.05) is 13.3 Å². The van der Waals surface area contributed by atoms with E-state index in [0.717, 1.165) is 12.1 Å². The van der Waals surface area contributed by atoms with Crippen molar-refractivity contribution in [1.29, 1.82) is 0 Å². The minimum absolute atomic E-state index is 0. The van der Waals surface area contributed by atoms with Gasteiger partial charge in [-0.05, 0) is 24.3 Å². The summed E-state index contributed by atoms with van der Waals surface area (Å²) in [5, 5.41) is 0. The number of aryl methyl sites for hydroxylation is 1. The molecule has 214 valence electrons. The van der Waals surface area contributed by atoms with E-state index in [9.17, 15) is 18.8 Å². The Morgan fingerprint density at radius 3 is 1.80 bits per heavy atom. The second-order valence-corrected chi connectivity index (χ2v) is 8.07. The second kappa shape index (κ2) is 19.8. The van der Waals surface area contributed by atoms with Crippen molar-refractivity contribution >= 4 is 29.5 Å². The number of amides is 2. The van der Waals surface area contributed by atoms with Crippen molar-refractivity contribution < 1.29 is 39.0 Å². The Morgan fingerprint density at radius 1 is 0.976 bits per heavy atom. The van der Waals surface area contributed by atoms with Gasteiger partial charge in [-0.15, -0.1) is 0 Å². The summed E-state index contributed by atoms with van der Waals surface area (Å²) < 4.78 is 18.7. The van der Waals surface area contributed by atoms with Crippen LogP contribution in [0.2, 0.25) is 0 Å². The monoisotopic (exact) mass is 559 g/mol. The van der Waals surface area contributed by atoms with E-state index >= 15 is 0 Å². The van der Waals surface area contributed by atoms with E-state index in [1.54, 1.807) is 93.2 Å². The predicted molar refractivity (Wildman–Crippen MR) is 153 cm³/mol. The summed E-state index contributed by atoms with van der Waals surface area (Å²) in [6.07, 6.45) is 14.0. The Kier molecular flexibility index (Phi) is 16.9. The largest absolute Gasteiger partial charge is 1.00 e. The van der Waals surface area contributed by atoms with Crippen molar-refractivity contribution in [1.82, 2.24) is 29.1 Å². The van der Waals surface area contributed by atoms with Gasteiger partial charge in [0, 0.05) is 40.6 Å². The average Bonchev–Trinajstić information content (AvgIpc) is 3.61. The van der Waals surface area contributed by atoms with Crippen LogP contribution in [-0.2, 0) is 14.1 Å². The van der Waals surface area contributed by atoms with Gasteiger partial charge in [-0.3, -0.25) is 28.7 Å². The molecule has 0 spiro atoms. The summed E-state index contributed by atoms with van der Waals surface area (Å²) in [6.45, 7) is 5.72. The average molecular weight is 560 g/mol. The van der Waals surface area contributed by atoms with Gasteiger partial charge in [0.15, 0.2) is 12.1 Å². The summed E-state index contributed by atoms with van der Waals surface area (Å²) in [5.74, 6) is -0.128. The van der Waals surface area contributed by atoms with Gasteiger partial charge in [0.25, 0.3) is 11.8 Å². The van der Waals surface area contributed by atoms with E-state index < -0.39 is 7.15 Å². The molecule has 0 aliphatic rings. The number of nitrogens with zero attached hydrogens (tertiary/aromatic N) is 8. The summed E-state index contributed by atoms with van der Waals surface area (Å²) in [7, 11) is 5.78. The summed E-state index contributed by atoms with van der Waals surface area (Å²) in [6, 6.07) is 7.16. The van der Waals surface area contributed by atoms with Crippen LogP contribution in [0.4, 0.5) is 15.8 Å². The third-order valence-electron chi connectivity index (χ3n) is 5.41. The maximum atomic E-state index is 12.2. The summed E-state index contributed by atoms with van der Waals surface area (Å²) in [5.41, 5.74) is 2.33. The van der Waals surface area contributed by atoms with Gasteiger partial charge in [0.1, 0.15) is 11.4 Å². The van der Waals surface area contributed by atoms with E-state index in [1.165, 1.54) is 22.1 Å². The summed E-state index contributed by atoms with van der Waals surface area (Å²) >= 11 is 0. The fourth-order valence-corrected chi connectivity index (χ4v) is 2.98. The number of hydrogen-bond donors (Lipinski definition) is 0. The fraction of sp³-hybridized carbons (Fsp3) is 0.286. The van der Waals surface area contributed by atoms with Crippen LogP contribution in [0.5, 0.6) is 0 Å². The molecule has 13 heteroatoms. The predicted octanol–water partition coefficient (Wildman–Crippen LogP) is 1.21. The molecular formula is C28H36FLiN8O3. The van der Waals surface area contributed by atoms with Crippen molar-refractivity contribution in [2.75, 3.05) is 31.0 Å². The van der Waals surface area contributed by atoms with Gasteiger partial charge in [0.05, 0.1) is 51.0 Å². The normalized spacial score (nSPS) is 9.59. The number of carbonyl (C=O) groups is 3. The molecule has 0 saturated heterocycles. The molecule has 4 aromatic rings. The van der Waals surface area contributed by atoms with Crippen molar-refractivity contribution in [2.24, 2.45) is 14.1 Å². The zero-order valence-electron chi connectivity index (χ0n) is 25.4. The number of carbonyl (C=O) groups excluding carboxylic acids is 3. The molecule has 11 nitrogen and oxygen atoms in total. The summed E-state index contributed by atoms with van der Waals surface area (Å²) in [4.78, 5) is 53.7. The first-order chi connectivity index (χ1) is 19.7. The molecule has 4 aromatic heterocycles. The number of aldehydes is 1. The van der Waals surface area contributed by atoms with Crippen molar-refractivity contribution in [3.05, 3.63) is 91.9 Å². The minimum Gasteiger partial charge on any atom is -0.343 e. The number of unbranched alkanes of at least 4 members (excludes halogenated alkanes) is 1. The molecule has 0 radical (unpaired) electrons. The van der Waals surface area contributed by atoms with E-state index in [-0.39, 0.29) is 36.5 Å². The number of rotatable bonds is 6. The van der Waals surface area contributed by atoms with Gasteiger partial charge < -0.3 is 25.9 Å². The van der Waals surface area contributed by atoms with Crippen LogP contribution in [0.3, 0.4) is 0 Å². The molecule has 0 aliphatic heterocycles. The Hall–Kier alpha value is -4.14. The smallest absolute Gasteiger partial charge is 0.343 e. The zero-order chi connectivity index (χ0) is 30.8. The molecule has 0 aromatic carbocycles. The third kappa shape index (κ3) is 10.7. The van der Waals surface area contributed by atoms with Crippen LogP contribution in [0.25, 0.3) is 0 Å². The van der Waals surface area contributed by atoms with E-state index in [1.807, 2.05) is 6.07 Å². The standard InChI is InChI=1S/C12H12N4O2.C11H12N4O.C4H9.CH3F.Li/c1-15(9-4-3-5-13-6-9)12(18)10-7-14-11(8-17)16(10)2;1-14-8-13-7-10(14)11(16)15(2)9-4-3-5-12-6-9;1-3-4-2;1-2;/h3-8H,1-2H3;3-8H,1-2H3;1,3-4H2,2H3;1H3;/q;;-1;;+1/i;;;1D;. The maximum Gasteiger partial charge on any atom is 1.00 e. The molecule has 41 heavy (non-hydrogen) atoms. The number of aromatic nitrogens is 6. The second-order valence-electron chi connectivity index (χ2n) is 8.07. The molecule has 0 saturated carbocycles. The first-order valence-electron chi connectivity index (χ1n) is 12.8. The van der Waals surface area contributed by atoms with E-state index in [4.69, 9.17) is 1.37 Å². The molecule has 4 rings (SSSR count). The fourth-order valence-electron chi connectivity index (χ4n) is 2.98. The van der Waals surface area contributed by atoms with E-state index in [0.29, 0.717) is 23.4 Å². The van der Waals surface area contributed by atoms with Crippen molar-refractivity contribution in [3.63, 3.8) is 0 Å². The molecule has 0 fully saturated rings. The Balaban J connectivity index is 0.000000646. The number of halogens is 1. The third-order valence-corrected chi connectivity index (χ3v) is 5.41. The van der Waals surface area contributed by atoms with Crippen LogP contribution >= 0.6 is 0 Å². The molecule has 2 amide bonds. The van der Waals surface area contributed by atoms with Crippen LogP contribution in [0, 0.1) is 6.92 Å². The Labute approximate surface area is 254 Å². The van der Waals surface area contributed by atoms with Crippen LogP contribution in [-0.4, -0.2) is 68.4 Å². The molecule has 4 heterocycles. The number of imidazole rings is 2. The molecule has 0 bridgehead atoms. The van der Waals surface area contributed by atoms with Crippen molar-refractivity contribution in [3.8, 4) is 0 Å². The molecule has 0 N–H and O–H groups in total. The number of pyridine rings is 2. The molecular weight excluding hydrogens is 522 g/mol. The quantitative estimate of drug-likeness (QED) is 0.198. The minimum atomic E-state index is -1.00. The topological polar surface area (TPSA) is 119 Å². The molecule has 0 unspecified atom stereocenters. The number of hydrogen-bond acceptors (Lipinski definition) is 7. The molecule has 0 aliphatic carbocycles. The van der Waals surface area contributed by atoms with Crippen molar-refractivity contribution in [2.45, 2.75) is 19.8 Å². The Bertz CT molecular complexity index is 1340. The van der Waals surface area contributed by atoms with Crippen LogP contribution < -0.4 is 28.7 Å². The number of alkyl halides is 1. The van der Waals surface area contributed by atoms with Gasteiger partial charge in [0.2, 0.25) is 0 Å². The SMILES string of the molecule is CN(C(=O)c1cnc(C=O)n1C)c1cccnc1.CN(C(=O)c1cncn1C)c1cccnc1.[2H]CF.[CH2-]CCC.[Li+]. The Morgan fingerprint density at radius 2 is 1.46 bits per heavy atom. The first kappa shape index (κ1) is 34.9. The zero-order valence-corrected chi connectivity index (χ0v) is 24.4.